The maximum Gasteiger partial charge on any atom is 0.222 e. The minimum absolute atomic E-state index is 0. The summed E-state index contributed by atoms with van der Waals surface area (Å²) in [5, 5.41) is 0. The fourth-order valence-corrected chi connectivity index (χ4v) is 2.08. The van der Waals surface area contributed by atoms with Gasteiger partial charge >= 0.3 is 0 Å². The molecule has 1 rings (SSSR count). The van der Waals surface area contributed by atoms with Crippen LogP contribution in [0.15, 0.2) is 18.2 Å². The first kappa shape index (κ1) is 16.0. The van der Waals surface area contributed by atoms with Crippen molar-refractivity contribution in [2.24, 2.45) is 0 Å². The molecule has 0 aliphatic carbocycles. The molecule has 1 radical (unpaired) electrons. The number of hydrogen-bond acceptors (Lipinski definition) is 2. The molecule has 0 saturated carbocycles. The molecule has 0 fully saturated rings. The maximum absolute atomic E-state index is 10.7. The Bertz CT molecular complexity index is 408. The van der Waals surface area contributed by atoms with Gasteiger partial charge in [0.15, 0.2) is 0 Å². The van der Waals surface area contributed by atoms with Crippen LogP contribution in [0.4, 0.5) is 5.69 Å². The first-order chi connectivity index (χ1) is 7.06. The largest absolute Gasteiger partial charge is 0.285 e. The summed E-state index contributed by atoms with van der Waals surface area (Å²) in [6.07, 6.45) is 0.825. The topological polar surface area (TPSA) is 46.2 Å². The van der Waals surface area contributed by atoms with Gasteiger partial charge in [-0.25, -0.2) is 8.42 Å². The fraction of sp³-hybridized carbons (Fsp3) is 0.455. The van der Waals surface area contributed by atoms with Crippen LogP contribution < -0.4 is 4.72 Å². The molecular formula is C11H17NNaO2S. The van der Waals surface area contributed by atoms with Gasteiger partial charge in [0, 0.05) is 29.6 Å². The number of rotatable bonds is 4. The summed E-state index contributed by atoms with van der Waals surface area (Å²) in [6, 6.07) is 5.88. The number of para-hydroxylation sites is 1. The number of hydrogen-bond donors (Lipinski definition) is 2. The average Bonchev–Trinajstić information content (AvgIpc) is 2.16. The minimum Gasteiger partial charge on any atom is -0.285 e. The molecule has 1 N–H and O–H groups in total. The number of anilines is 1. The van der Waals surface area contributed by atoms with Crippen LogP contribution in [0.5, 0.6) is 0 Å². The van der Waals surface area contributed by atoms with Crippen molar-refractivity contribution < 1.29 is 8.42 Å². The van der Waals surface area contributed by atoms with Crippen LogP contribution in [0.2, 0.25) is 0 Å². The Labute approximate surface area is 121 Å². The molecule has 0 spiro atoms. The van der Waals surface area contributed by atoms with Crippen molar-refractivity contribution in [3.8, 4) is 0 Å². The minimum atomic E-state index is -2.59. The van der Waals surface area contributed by atoms with Crippen LogP contribution in [-0.2, 0) is 17.3 Å². The van der Waals surface area contributed by atoms with Crippen molar-refractivity contribution in [1.82, 2.24) is 0 Å². The molecule has 1 aromatic carbocycles. The van der Waals surface area contributed by atoms with Gasteiger partial charge < -0.3 is 0 Å². The molecule has 0 atom stereocenters. The van der Waals surface area contributed by atoms with Crippen molar-refractivity contribution in [3.05, 3.63) is 29.3 Å². The van der Waals surface area contributed by atoms with Crippen LogP contribution in [-0.4, -0.2) is 38.0 Å². The van der Waals surface area contributed by atoms with Crippen molar-refractivity contribution in [2.45, 2.75) is 33.1 Å². The Kier molecular flexibility index (Phi) is 7.31. The first-order valence-corrected chi connectivity index (χ1v) is 6.26. The third-order valence-corrected chi connectivity index (χ3v) is 2.80. The van der Waals surface area contributed by atoms with Gasteiger partial charge in [-0.15, -0.1) is 0 Å². The molecule has 0 saturated heterocycles. The van der Waals surface area contributed by atoms with E-state index in [1.807, 2.05) is 25.1 Å². The van der Waals surface area contributed by atoms with Crippen molar-refractivity contribution in [1.29, 1.82) is 0 Å². The number of nitrogens with one attached hydrogen (secondary N) is 1. The van der Waals surface area contributed by atoms with Gasteiger partial charge in [-0.3, -0.25) is 4.72 Å². The molecule has 0 amide bonds. The van der Waals surface area contributed by atoms with E-state index in [1.54, 1.807) is 0 Å². The maximum atomic E-state index is 10.7. The average molecular weight is 250 g/mol. The van der Waals surface area contributed by atoms with E-state index >= 15 is 0 Å². The van der Waals surface area contributed by atoms with E-state index in [1.165, 1.54) is 0 Å². The van der Waals surface area contributed by atoms with E-state index in [-0.39, 0.29) is 29.6 Å². The Morgan fingerprint density at radius 2 is 1.94 bits per heavy atom. The quantitative estimate of drug-likeness (QED) is 0.633. The second-order valence-electron chi connectivity index (χ2n) is 3.76. The van der Waals surface area contributed by atoms with Gasteiger partial charge in [0.05, 0.1) is 5.69 Å². The van der Waals surface area contributed by atoms with E-state index in [9.17, 15) is 8.42 Å². The van der Waals surface area contributed by atoms with Crippen molar-refractivity contribution >= 4 is 46.1 Å². The molecule has 85 valence electrons. The van der Waals surface area contributed by atoms with Gasteiger partial charge in [-0.2, -0.15) is 0 Å². The zero-order chi connectivity index (χ0) is 11.4. The summed E-state index contributed by atoms with van der Waals surface area (Å²) < 4.78 is 24.0. The molecular weight excluding hydrogens is 233 g/mol. The SMILES string of the molecule is CCc1cccc(C(C)C)c1N[SH](=O)=O.[Na]. The van der Waals surface area contributed by atoms with Gasteiger partial charge in [0.2, 0.25) is 10.9 Å². The normalized spacial score (nSPS) is 10.3. The summed E-state index contributed by atoms with van der Waals surface area (Å²) in [7, 11) is -2.59. The Morgan fingerprint density at radius 3 is 2.38 bits per heavy atom. The smallest absolute Gasteiger partial charge is 0.222 e. The van der Waals surface area contributed by atoms with Crippen LogP contribution in [0.25, 0.3) is 0 Å². The predicted octanol–water partition coefficient (Wildman–Crippen LogP) is 1.93. The van der Waals surface area contributed by atoms with E-state index in [0.29, 0.717) is 5.92 Å². The fourth-order valence-electron chi connectivity index (χ4n) is 1.62. The molecule has 5 heteroatoms. The summed E-state index contributed by atoms with van der Waals surface area (Å²) in [5.41, 5.74) is 2.85. The number of benzene rings is 1. The molecule has 0 aliphatic rings. The Morgan fingerprint density at radius 1 is 1.31 bits per heavy atom. The predicted molar refractivity (Wildman–Crippen MR) is 69.6 cm³/mol. The standard InChI is InChI=1S/C11H17NO2S.Na/c1-4-9-6-5-7-10(8(2)3)11(9)12-15(13)14;/h5-8,15H,4H2,1-3H3,(H,12,13,14);. The van der Waals surface area contributed by atoms with E-state index in [0.717, 1.165) is 23.2 Å². The van der Waals surface area contributed by atoms with Crippen LogP contribution in [0.3, 0.4) is 0 Å². The summed E-state index contributed by atoms with van der Waals surface area (Å²) in [6.45, 7) is 6.12. The van der Waals surface area contributed by atoms with Crippen LogP contribution in [0.1, 0.15) is 37.8 Å². The monoisotopic (exact) mass is 250 g/mol. The molecule has 0 heterocycles. The zero-order valence-electron chi connectivity index (χ0n) is 10.3. The van der Waals surface area contributed by atoms with E-state index in [2.05, 4.69) is 18.6 Å². The summed E-state index contributed by atoms with van der Waals surface area (Å²) in [5.74, 6) is 0.314. The third-order valence-electron chi connectivity index (χ3n) is 2.39. The first-order valence-electron chi connectivity index (χ1n) is 5.09. The van der Waals surface area contributed by atoms with Crippen molar-refractivity contribution in [3.63, 3.8) is 0 Å². The zero-order valence-corrected chi connectivity index (χ0v) is 13.2. The second kappa shape index (κ2) is 7.33. The van der Waals surface area contributed by atoms with Crippen LogP contribution in [0, 0.1) is 0 Å². The molecule has 0 aromatic heterocycles. The van der Waals surface area contributed by atoms with Gasteiger partial charge in [0.25, 0.3) is 0 Å². The van der Waals surface area contributed by atoms with Gasteiger partial charge in [-0.05, 0) is 23.5 Å². The Hall–Kier alpha value is -0.0300. The van der Waals surface area contributed by atoms with Gasteiger partial charge in [-0.1, -0.05) is 39.0 Å². The number of aryl methyl sites for hydroxylation is 1. The number of thiol groups is 1. The summed E-state index contributed by atoms with van der Waals surface area (Å²) in [4.78, 5) is 0. The molecule has 0 unspecified atom stereocenters. The Balaban J connectivity index is 0.00000225. The van der Waals surface area contributed by atoms with Crippen molar-refractivity contribution in [2.75, 3.05) is 4.72 Å². The molecule has 0 aliphatic heterocycles. The van der Waals surface area contributed by atoms with E-state index < -0.39 is 10.9 Å². The third kappa shape index (κ3) is 4.09. The molecule has 3 nitrogen and oxygen atoms in total. The second-order valence-corrected chi connectivity index (χ2v) is 4.50. The van der Waals surface area contributed by atoms with E-state index in [4.69, 9.17) is 0 Å². The van der Waals surface area contributed by atoms with Crippen LogP contribution >= 0.6 is 0 Å². The molecule has 1 aromatic rings. The van der Waals surface area contributed by atoms with Gasteiger partial charge in [0.1, 0.15) is 0 Å². The summed E-state index contributed by atoms with van der Waals surface area (Å²) >= 11 is 0. The molecule has 0 bridgehead atoms. The molecule has 16 heavy (non-hydrogen) atoms.